The number of rotatable bonds is 5. The Kier molecular flexibility index (Phi) is 3.51. The number of ether oxygens (including phenoxy) is 1. The average Bonchev–Trinajstić information content (AvgIpc) is 2.83. The van der Waals surface area contributed by atoms with Crippen molar-refractivity contribution < 1.29 is 19.2 Å². The van der Waals surface area contributed by atoms with Crippen LogP contribution < -0.4 is 5.76 Å². The molecular formula is C13H13N3O6. The molecule has 0 spiro atoms. The summed E-state index contributed by atoms with van der Waals surface area (Å²) in [5.41, 5.74) is -0.619. The third-order valence-corrected chi connectivity index (χ3v) is 3.57. The topological polar surface area (TPSA) is 121 Å². The van der Waals surface area contributed by atoms with Gasteiger partial charge in [-0.15, -0.1) is 5.10 Å². The first-order valence-electron chi connectivity index (χ1n) is 6.55. The lowest BCUT2D eigenvalue weighted by molar-refractivity contribution is -0.384. The normalized spacial score (nSPS) is 16.2. The van der Waals surface area contributed by atoms with Crippen molar-refractivity contribution in [2.45, 2.75) is 6.54 Å². The molecule has 116 valence electrons. The summed E-state index contributed by atoms with van der Waals surface area (Å²) in [6.45, 7) is 0.632. The van der Waals surface area contributed by atoms with Crippen LogP contribution in [0.3, 0.4) is 0 Å². The van der Waals surface area contributed by atoms with E-state index in [-0.39, 0.29) is 30.3 Å². The van der Waals surface area contributed by atoms with E-state index in [0.717, 1.165) is 4.68 Å². The summed E-state index contributed by atoms with van der Waals surface area (Å²) in [4.78, 5) is 22.3. The second kappa shape index (κ2) is 5.35. The summed E-state index contributed by atoms with van der Waals surface area (Å²) in [6, 6.07) is 5.88. The zero-order valence-electron chi connectivity index (χ0n) is 11.5. The van der Waals surface area contributed by atoms with E-state index < -0.39 is 16.1 Å². The van der Waals surface area contributed by atoms with Gasteiger partial charge in [0.15, 0.2) is 0 Å². The molecule has 1 aliphatic rings. The Morgan fingerprint density at radius 3 is 2.73 bits per heavy atom. The first-order chi connectivity index (χ1) is 10.5. The predicted octanol–water partition coefficient (Wildman–Crippen LogP) is 0.420. The SMILES string of the molecule is O=c1oc(-c2ccccc2[N+](=O)[O-])nn1CC1(CO)COC1. The van der Waals surface area contributed by atoms with Gasteiger partial charge < -0.3 is 14.3 Å². The third-order valence-electron chi connectivity index (χ3n) is 3.57. The van der Waals surface area contributed by atoms with Crippen molar-refractivity contribution >= 4 is 5.69 Å². The minimum absolute atomic E-state index is 0.120. The molecule has 1 aromatic heterocycles. The van der Waals surface area contributed by atoms with E-state index >= 15 is 0 Å². The Morgan fingerprint density at radius 1 is 1.41 bits per heavy atom. The van der Waals surface area contributed by atoms with Crippen LogP contribution >= 0.6 is 0 Å². The first-order valence-corrected chi connectivity index (χ1v) is 6.55. The number of nitro groups is 1. The predicted molar refractivity (Wildman–Crippen MR) is 73.2 cm³/mol. The van der Waals surface area contributed by atoms with Crippen LogP contribution in [0.5, 0.6) is 0 Å². The van der Waals surface area contributed by atoms with Gasteiger partial charge >= 0.3 is 5.76 Å². The molecule has 0 radical (unpaired) electrons. The van der Waals surface area contributed by atoms with Gasteiger partial charge in [-0.05, 0) is 6.07 Å². The quantitative estimate of drug-likeness (QED) is 0.627. The number of nitro benzene ring substituents is 1. The van der Waals surface area contributed by atoms with Gasteiger partial charge in [0.1, 0.15) is 5.56 Å². The Bertz CT molecular complexity index is 756. The third kappa shape index (κ3) is 2.40. The van der Waals surface area contributed by atoms with Crippen LogP contribution in [0.25, 0.3) is 11.5 Å². The van der Waals surface area contributed by atoms with Crippen molar-refractivity contribution in [3.8, 4) is 11.5 Å². The number of nitrogens with zero attached hydrogens (tertiary/aromatic N) is 3. The lowest BCUT2D eigenvalue weighted by Crippen LogP contribution is -2.50. The fourth-order valence-corrected chi connectivity index (χ4v) is 2.27. The van der Waals surface area contributed by atoms with Crippen LogP contribution in [0, 0.1) is 15.5 Å². The number of hydrogen-bond acceptors (Lipinski definition) is 7. The van der Waals surface area contributed by atoms with E-state index in [1.807, 2.05) is 0 Å². The zero-order valence-corrected chi connectivity index (χ0v) is 11.5. The summed E-state index contributed by atoms with van der Waals surface area (Å²) in [7, 11) is 0. The number of aliphatic hydroxyl groups excluding tert-OH is 1. The molecule has 0 amide bonds. The molecule has 1 aliphatic heterocycles. The van der Waals surface area contributed by atoms with Gasteiger partial charge in [-0.25, -0.2) is 4.79 Å². The summed E-state index contributed by atoms with van der Waals surface area (Å²) in [5, 5.41) is 24.4. The molecule has 2 heterocycles. The Morgan fingerprint density at radius 2 is 2.14 bits per heavy atom. The summed E-state index contributed by atoms with van der Waals surface area (Å²) >= 11 is 0. The molecule has 1 aromatic carbocycles. The van der Waals surface area contributed by atoms with Gasteiger partial charge in [-0.2, -0.15) is 4.68 Å². The summed E-state index contributed by atoms with van der Waals surface area (Å²) in [5.74, 6) is -0.849. The lowest BCUT2D eigenvalue weighted by atomic mass is 9.87. The lowest BCUT2D eigenvalue weighted by Gasteiger charge is -2.39. The zero-order chi connectivity index (χ0) is 15.7. The number of para-hydroxylation sites is 1. The highest BCUT2D eigenvalue weighted by Gasteiger charge is 2.39. The number of aliphatic hydroxyl groups is 1. The number of hydrogen-bond donors (Lipinski definition) is 1. The monoisotopic (exact) mass is 307 g/mol. The van der Waals surface area contributed by atoms with E-state index in [1.54, 1.807) is 6.07 Å². The van der Waals surface area contributed by atoms with Crippen LogP contribution in [-0.2, 0) is 11.3 Å². The van der Waals surface area contributed by atoms with Gasteiger partial charge in [0, 0.05) is 6.07 Å². The van der Waals surface area contributed by atoms with E-state index in [0.29, 0.717) is 13.2 Å². The minimum atomic E-state index is -0.729. The molecule has 0 atom stereocenters. The molecule has 22 heavy (non-hydrogen) atoms. The summed E-state index contributed by atoms with van der Waals surface area (Å²) < 4.78 is 11.1. The van der Waals surface area contributed by atoms with Crippen LogP contribution in [0.2, 0.25) is 0 Å². The molecule has 1 fully saturated rings. The molecule has 2 aromatic rings. The van der Waals surface area contributed by atoms with Gasteiger partial charge in [0.05, 0.1) is 36.7 Å². The van der Waals surface area contributed by atoms with Crippen LogP contribution in [-0.4, -0.2) is 39.6 Å². The molecule has 1 N–H and O–H groups in total. The number of benzene rings is 1. The molecular weight excluding hydrogens is 294 g/mol. The molecule has 0 bridgehead atoms. The Balaban J connectivity index is 1.96. The molecule has 3 rings (SSSR count). The molecule has 9 nitrogen and oxygen atoms in total. The van der Waals surface area contributed by atoms with Crippen LogP contribution in [0.15, 0.2) is 33.5 Å². The van der Waals surface area contributed by atoms with Gasteiger partial charge in [-0.3, -0.25) is 10.1 Å². The van der Waals surface area contributed by atoms with Crippen molar-refractivity contribution in [3.05, 3.63) is 44.9 Å². The molecule has 0 aliphatic carbocycles. The fraction of sp³-hybridized carbons (Fsp3) is 0.385. The van der Waals surface area contributed by atoms with Crippen molar-refractivity contribution in [3.63, 3.8) is 0 Å². The Labute approximate surface area is 123 Å². The second-order valence-electron chi connectivity index (χ2n) is 5.26. The van der Waals surface area contributed by atoms with E-state index in [2.05, 4.69) is 5.10 Å². The maximum Gasteiger partial charge on any atom is 0.437 e. The van der Waals surface area contributed by atoms with E-state index in [1.165, 1.54) is 18.2 Å². The van der Waals surface area contributed by atoms with Gasteiger partial charge in [-0.1, -0.05) is 12.1 Å². The van der Waals surface area contributed by atoms with Gasteiger partial charge in [0.2, 0.25) is 0 Å². The average molecular weight is 307 g/mol. The van der Waals surface area contributed by atoms with E-state index in [9.17, 15) is 20.0 Å². The molecule has 1 saturated heterocycles. The van der Waals surface area contributed by atoms with Crippen LogP contribution in [0.4, 0.5) is 5.69 Å². The van der Waals surface area contributed by atoms with Crippen LogP contribution in [0.1, 0.15) is 0 Å². The molecule has 9 heteroatoms. The van der Waals surface area contributed by atoms with Crippen molar-refractivity contribution in [1.82, 2.24) is 9.78 Å². The molecule has 0 saturated carbocycles. The highest BCUT2D eigenvalue weighted by molar-refractivity contribution is 5.66. The van der Waals surface area contributed by atoms with Crippen molar-refractivity contribution in [2.24, 2.45) is 5.41 Å². The first kappa shape index (κ1) is 14.4. The summed E-state index contributed by atoms with van der Waals surface area (Å²) in [6.07, 6.45) is 0. The van der Waals surface area contributed by atoms with Gasteiger partial charge in [0.25, 0.3) is 11.6 Å². The maximum atomic E-state index is 11.9. The minimum Gasteiger partial charge on any atom is -0.396 e. The van der Waals surface area contributed by atoms with E-state index in [4.69, 9.17) is 9.15 Å². The standard InChI is InChI=1S/C13H13N3O6/c17-6-13(7-21-8-13)5-15-12(18)22-11(14-15)9-3-1-2-4-10(9)16(19)20/h1-4,17H,5-8H2. The van der Waals surface area contributed by atoms with Crippen molar-refractivity contribution in [2.75, 3.05) is 19.8 Å². The number of aromatic nitrogens is 2. The second-order valence-corrected chi connectivity index (χ2v) is 5.26. The largest absolute Gasteiger partial charge is 0.437 e. The Hall–Kier alpha value is -2.52. The smallest absolute Gasteiger partial charge is 0.396 e. The van der Waals surface area contributed by atoms with Crippen molar-refractivity contribution in [1.29, 1.82) is 0 Å². The highest BCUT2D eigenvalue weighted by Crippen LogP contribution is 2.30. The maximum absolute atomic E-state index is 11.9. The molecule has 0 unspecified atom stereocenters. The highest BCUT2D eigenvalue weighted by atomic mass is 16.6. The fourth-order valence-electron chi connectivity index (χ4n) is 2.27.